The van der Waals surface area contributed by atoms with Gasteiger partial charge in [-0.1, -0.05) is 18.2 Å². The first-order chi connectivity index (χ1) is 10.8. The number of para-hydroxylation sites is 1. The Morgan fingerprint density at radius 2 is 1.41 bits per heavy atom. The highest BCUT2D eigenvalue weighted by atomic mass is 16.5. The minimum Gasteiger partial charge on any atom is -0.497 e. The monoisotopic (exact) mass is 300 g/mol. The summed E-state index contributed by atoms with van der Waals surface area (Å²) in [6, 6.07) is 16.0. The number of unbranched alkanes of at least 4 members (excludes halogenated alkanes) is 2. The molecular weight excluding hydrogens is 276 g/mol. The molecule has 0 amide bonds. The first-order valence-corrected chi connectivity index (χ1v) is 7.71. The molecule has 0 bridgehead atoms. The maximum Gasteiger partial charge on any atom is 0.122 e. The molecule has 0 unspecified atom stereocenters. The lowest BCUT2D eigenvalue weighted by Gasteiger charge is -2.09. The Morgan fingerprint density at radius 1 is 0.727 bits per heavy atom. The zero-order valence-electron chi connectivity index (χ0n) is 13.4. The highest BCUT2D eigenvalue weighted by molar-refractivity contribution is 5.38. The van der Waals surface area contributed by atoms with Crippen molar-refractivity contribution in [2.45, 2.75) is 25.7 Å². The van der Waals surface area contributed by atoms with Crippen LogP contribution in [-0.2, 0) is 6.42 Å². The molecule has 2 aromatic rings. The van der Waals surface area contributed by atoms with Gasteiger partial charge in [-0.2, -0.15) is 0 Å². The molecule has 0 heterocycles. The number of rotatable bonds is 9. The van der Waals surface area contributed by atoms with Gasteiger partial charge in [-0.25, -0.2) is 0 Å². The maximum atomic E-state index is 5.69. The summed E-state index contributed by atoms with van der Waals surface area (Å²) in [5.74, 6) is 2.64. The zero-order chi connectivity index (χ0) is 15.6. The lowest BCUT2D eigenvalue weighted by molar-refractivity contribution is 0.305. The lowest BCUT2D eigenvalue weighted by atomic mass is 10.1. The molecule has 22 heavy (non-hydrogen) atoms. The smallest absolute Gasteiger partial charge is 0.122 e. The summed E-state index contributed by atoms with van der Waals surface area (Å²) in [6.07, 6.45) is 4.37. The molecule has 0 fully saturated rings. The molecule has 0 radical (unpaired) electrons. The van der Waals surface area contributed by atoms with Crippen LogP contribution in [0.15, 0.2) is 48.5 Å². The molecule has 3 heteroatoms. The van der Waals surface area contributed by atoms with Gasteiger partial charge in [-0.3, -0.25) is 0 Å². The number of benzene rings is 2. The highest BCUT2D eigenvalue weighted by Gasteiger charge is 2.02. The second-order valence-corrected chi connectivity index (χ2v) is 5.19. The van der Waals surface area contributed by atoms with Gasteiger partial charge in [0.15, 0.2) is 0 Å². The van der Waals surface area contributed by atoms with Crippen molar-refractivity contribution < 1.29 is 14.2 Å². The number of hydrogen-bond acceptors (Lipinski definition) is 3. The van der Waals surface area contributed by atoms with E-state index in [1.54, 1.807) is 14.2 Å². The van der Waals surface area contributed by atoms with Crippen molar-refractivity contribution in [1.82, 2.24) is 0 Å². The molecule has 0 spiro atoms. The van der Waals surface area contributed by atoms with Crippen molar-refractivity contribution >= 4 is 0 Å². The Balaban J connectivity index is 1.68. The van der Waals surface area contributed by atoms with Crippen molar-refractivity contribution in [2.75, 3.05) is 20.8 Å². The van der Waals surface area contributed by atoms with Crippen LogP contribution in [0.2, 0.25) is 0 Å². The predicted molar refractivity (Wildman–Crippen MR) is 89.0 cm³/mol. The molecule has 2 rings (SSSR count). The van der Waals surface area contributed by atoms with Gasteiger partial charge in [0.2, 0.25) is 0 Å². The summed E-state index contributed by atoms with van der Waals surface area (Å²) in [7, 11) is 3.36. The molecule has 0 saturated carbocycles. The summed E-state index contributed by atoms with van der Waals surface area (Å²) in [5.41, 5.74) is 1.25. The SMILES string of the molecule is COc1cc(CCCCCOc2ccccc2)cc(OC)c1. The number of hydrogen-bond donors (Lipinski definition) is 0. The van der Waals surface area contributed by atoms with Crippen LogP contribution in [0.4, 0.5) is 0 Å². The molecule has 3 nitrogen and oxygen atoms in total. The van der Waals surface area contributed by atoms with Crippen LogP contribution in [0.1, 0.15) is 24.8 Å². The first kappa shape index (κ1) is 16.2. The van der Waals surface area contributed by atoms with Crippen LogP contribution in [0, 0.1) is 0 Å². The molecule has 0 aliphatic carbocycles. The Kier molecular flexibility index (Phi) is 6.62. The molecule has 0 aliphatic heterocycles. The van der Waals surface area contributed by atoms with E-state index >= 15 is 0 Å². The molecule has 0 saturated heterocycles. The third kappa shape index (κ3) is 5.32. The lowest BCUT2D eigenvalue weighted by Crippen LogP contribution is -1.98. The third-order valence-electron chi connectivity index (χ3n) is 3.53. The molecular formula is C19H24O3. The van der Waals surface area contributed by atoms with Crippen LogP contribution >= 0.6 is 0 Å². The van der Waals surface area contributed by atoms with Crippen molar-refractivity contribution in [1.29, 1.82) is 0 Å². The van der Waals surface area contributed by atoms with E-state index < -0.39 is 0 Å². The summed E-state index contributed by atoms with van der Waals surface area (Å²) in [4.78, 5) is 0. The molecule has 0 N–H and O–H groups in total. The van der Waals surface area contributed by atoms with Gasteiger partial charge >= 0.3 is 0 Å². The Morgan fingerprint density at radius 3 is 2.05 bits per heavy atom. The van der Waals surface area contributed by atoms with Crippen molar-refractivity contribution in [3.8, 4) is 17.2 Å². The zero-order valence-corrected chi connectivity index (χ0v) is 13.4. The Labute approximate surface area is 132 Å². The fourth-order valence-corrected chi connectivity index (χ4v) is 2.33. The standard InChI is InChI=1S/C19H24O3/c1-20-18-13-16(14-19(15-18)21-2)9-5-4-8-12-22-17-10-6-3-7-11-17/h3,6-7,10-11,13-15H,4-5,8-9,12H2,1-2H3. The van der Waals surface area contributed by atoms with Gasteiger partial charge in [0.1, 0.15) is 17.2 Å². The minimum absolute atomic E-state index is 0.769. The average Bonchev–Trinajstić information content (AvgIpc) is 2.58. The summed E-state index contributed by atoms with van der Waals surface area (Å²) in [5, 5.41) is 0. The van der Waals surface area contributed by atoms with E-state index in [0.717, 1.165) is 49.5 Å². The fourth-order valence-electron chi connectivity index (χ4n) is 2.33. The van der Waals surface area contributed by atoms with Gasteiger partial charge in [-0.15, -0.1) is 0 Å². The van der Waals surface area contributed by atoms with Crippen LogP contribution in [-0.4, -0.2) is 20.8 Å². The van der Waals surface area contributed by atoms with Crippen molar-refractivity contribution in [3.05, 3.63) is 54.1 Å². The molecule has 118 valence electrons. The van der Waals surface area contributed by atoms with E-state index in [1.165, 1.54) is 5.56 Å². The fraction of sp³-hybridized carbons (Fsp3) is 0.368. The molecule has 2 aromatic carbocycles. The molecule has 0 atom stereocenters. The van der Waals surface area contributed by atoms with Crippen molar-refractivity contribution in [2.24, 2.45) is 0 Å². The Hall–Kier alpha value is -2.16. The average molecular weight is 300 g/mol. The maximum absolute atomic E-state index is 5.69. The summed E-state index contributed by atoms with van der Waals surface area (Å²) >= 11 is 0. The summed E-state index contributed by atoms with van der Waals surface area (Å²) in [6.45, 7) is 0.769. The van der Waals surface area contributed by atoms with Crippen LogP contribution in [0.3, 0.4) is 0 Å². The quantitative estimate of drug-likeness (QED) is 0.638. The normalized spacial score (nSPS) is 10.3. The second-order valence-electron chi connectivity index (χ2n) is 5.19. The van der Waals surface area contributed by atoms with Gasteiger partial charge in [0, 0.05) is 6.07 Å². The van der Waals surface area contributed by atoms with Gasteiger partial charge in [0.25, 0.3) is 0 Å². The topological polar surface area (TPSA) is 27.7 Å². The number of ether oxygens (including phenoxy) is 3. The van der Waals surface area contributed by atoms with Crippen LogP contribution in [0.25, 0.3) is 0 Å². The van der Waals surface area contributed by atoms with Crippen LogP contribution < -0.4 is 14.2 Å². The largest absolute Gasteiger partial charge is 0.497 e. The van der Waals surface area contributed by atoms with Gasteiger partial charge in [0.05, 0.1) is 20.8 Å². The van der Waals surface area contributed by atoms with E-state index in [9.17, 15) is 0 Å². The van der Waals surface area contributed by atoms with E-state index in [4.69, 9.17) is 14.2 Å². The molecule has 0 aliphatic rings. The minimum atomic E-state index is 0.769. The third-order valence-corrected chi connectivity index (χ3v) is 3.53. The van der Waals surface area contributed by atoms with Crippen LogP contribution in [0.5, 0.6) is 17.2 Å². The van der Waals surface area contributed by atoms with Gasteiger partial charge < -0.3 is 14.2 Å². The highest BCUT2D eigenvalue weighted by Crippen LogP contribution is 2.23. The Bertz CT molecular complexity index is 530. The second kappa shape index (κ2) is 8.98. The van der Waals surface area contributed by atoms with E-state index in [1.807, 2.05) is 36.4 Å². The predicted octanol–water partition coefficient (Wildman–Crippen LogP) is 4.50. The van der Waals surface area contributed by atoms with E-state index in [-0.39, 0.29) is 0 Å². The van der Waals surface area contributed by atoms with E-state index in [0.29, 0.717) is 0 Å². The van der Waals surface area contributed by atoms with Gasteiger partial charge in [-0.05, 0) is 55.5 Å². The van der Waals surface area contributed by atoms with Crippen molar-refractivity contribution in [3.63, 3.8) is 0 Å². The number of methoxy groups -OCH3 is 2. The summed E-state index contributed by atoms with van der Waals surface area (Å²) < 4.78 is 16.3. The number of aryl methyl sites for hydroxylation is 1. The molecule has 0 aromatic heterocycles. The van der Waals surface area contributed by atoms with E-state index in [2.05, 4.69) is 12.1 Å². The first-order valence-electron chi connectivity index (χ1n) is 7.71.